The fourth-order valence-electron chi connectivity index (χ4n) is 4.78. The second-order valence-corrected chi connectivity index (χ2v) is 8.41. The summed E-state index contributed by atoms with van der Waals surface area (Å²) in [6.45, 7) is 1.94. The number of amides is 2. The number of aromatic nitrogens is 4. The maximum atomic E-state index is 13.4. The van der Waals surface area contributed by atoms with Gasteiger partial charge >= 0.3 is 0 Å². The van der Waals surface area contributed by atoms with Gasteiger partial charge in [0, 0.05) is 19.7 Å². The van der Waals surface area contributed by atoms with Crippen LogP contribution in [0.1, 0.15) is 52.4 Å². The molecule has 160 valence electrons. The summed E-state index contributed by atoms with van der Waals surface area (Å²) in [7, 11) is 1.65. The number of fused-ring (bicyclic) bond motifs is 1. The van der Waals surface area contributed by atoms with Gasteiger partial charge in [0.25, 0.3) is 11.8 Å². The van der Waals surface area contributed by atoms with Gasteiger partial charge in [0.2, 0.25) is 5.82 Å². The van der Waals surface area contributed by atoms with Crippen molar-refractivity contribution in [1.29, 1.82) is 5.26 Å². The van der Waals surface area contributed by atoms with Crippen LogP contribution in [0.3, 0.4) is 0 Å². The van der Waals surface area contributed by atoms with Gasteiger partial charge < -0.3 is 5.32 Å². The number of hydrogen-bond donors (Lipinski definition) is 2. The number of nitrogens with zero attached hydrogens (tertiary/aromatic N) is 5. The molecule has 0 unspecified atom stereocenters. The van der Waals surface area contributed by atoms with Crippen LogP contribution in [-0.4, -0.2) is 44.6 Å². The molecule has 0 saturated heterocycles. The minimum Gasteiger partial charge on any atom is -0.335 e. The topological polar surface area (TPSA) is 128 Å². The summed E-state index contributed by atoms with van der Waals surface area (Å²) >= 11 is 0. The molecule has 2 aromatic heterocycles. The Bertz CT molecular complexity index is 1260. The second-order valence-electron chi connectivity index (χ2n) is 8.41. The lowest BCUT2D eigenvalue weighted by Crippen LogP contribution is -2.68. The van der Waals surface area contributed by atoms with E-state index in [4.69, 9.17) is 0 Å². The Morgan fingerprint density at radius 1 is 1.38 bits per heavy atom. The third-order valence-electron chi connectivity index (χ3n) is 6.64. The number of carbonyl (C=O) groups is 2. The number of likely N-dealkylation sites (N-methyl/N-ethyl adjacent to an activating group) is 1. The van der Waals surface area contributed by atoms with E-state index in [0.717, 1.165) is 11.1 Å². The van der Waals surface area contributed by atoms with Gasteiger partial charge in [0.1, 0.15) is 23.3 Å². The monoisotopic (exact) mass is 427 g/mol. The quantitative estimate of drug-likeness (QED) is 0.655. The molecule has 1 saturated carbocycles. The third-order valence-corrected chi connectivity index (χ3v) is 6.64. The largest absolute Gasteiger partial charge is 0.335 e. The van der Waals surface area contributed by atoms with Crippen molar-refractivity contribution in [1.82, 2.24) is 25.5 Å². The molecule has 9 nitrogen and oxygen atoms in total. The summed E-state index contributed by atoms with van der Waals surface area (Å²) in [4.78, 5) is 36.5. The summed E-state index contributed by atoms with van der Waals surface area (Å²) in [5.41, 5.74) is 1.29. The molecule has 6 rings (SSSR count). The van der Waals surface area contributed by atoms with E-state index in [2.05, 4.69) is 31.6 Å². The molecule has 0 radical (unpaired) electrons. The van der Waals surface area contributed by atoms with Crippen molar-refractivity contribution >= 4 is 17.6 Å². The van der Waals surface area contributed by atoms with Gasteiger partial charge in [-0.05, 0) is 35.4 Å². The molecule has 2 amide bonds. The number of benzene rings is 1. The first kappa shape index (κ1) is 19.9. The average molecular weight is 427 g/mol. The molecule has 4 heterocycles. The summed E-state index contributed by atoms with van der Waals surface area (Å²) < 4.78 is 0. The van der Waals surface area contributed by atoms with Gasteiger partial charge in [0.05, 0.1) is 5.56 Å². The molecule has 1 aromatic carbocycles. The number of carbonyl (C=O) groups excluding carboxylic acids is 2. The fraction of sp³-hybridized carbons (Fsp3) is 0.304. The maximum Gasteiger partial charge on any atom is 0.291 e. The zero-order valence-corrected chi connectivity index (χ0v) is 17.7. The Hall–Kier alpha value is -4.06. The lowest BCUT2D eigenvalue weighted by molar-refractivity contribution is -0.131. The molecule has 2 N–H and O–H groups in total. The zero-order valence-electron chi connectivity index (χ0n) is 17.7. The van der Waals surface area contributed by atoms with Crippen LogP contribution in [0.5, 0.6) is 0 Å². The Labute approximate surface area is 184 Å². The highest BCUT2D eigenvalue weighted by atomic mass is 16.2. The van der Waals surface area contributed by atoms with Gasteiger partial charge in [0.15, 0.2) is 0 Å². The molecular weight excluding hydrogens is 406 g/mol. The van der Waals surface area contributed by atoms with Crippen molar-refractivity contribution in [3.63, 3.8) is 0 Å². The number of pyridine rings is 1. The van der Waals surface area contributed by atoms with Crippen LogP contribution in [0.4, 0.5) is 5.82 Å². The van der Waals surface area contributed by atoms with Crippen LogP contribution in [0.15, 0.2) is 42.6 Å². The van der Waals surface area contributed by atoms with Crippen molar-refractivity contribution in [2.24, 2.45) is 5.92 Å². The van der Waals surface area contributed by atoms with Crippen LogP contribution < -0.4 is 10.2 Å². The number of nitriles is 1. The van der Waals surface area contributed by atoms with E-state index in [0.29, 0.717) is 30.0 Å². The Kier molecular flexibility index (Phi) is 4.51. The highest BCUT2D eigenvalue weighted by Crippen LogP contribution is 2.55. The van der Waals surface area contributed by atoms with E-state index in [1.54, 1.807) is 13.1 Å². The number of H-pyrrole nitrogens is 1. The van der Waals surface area contributed by atoms with E-state index < -0.39 is 11.4 Å². The van der Waals surface area contributed by atoms with Crippen LogP contribution in [0.2, 0.25) is 0 Å². The van der Waals surface area contributed by atoms with Crippen molar-refractivity contribution in [3.05, 3.63) is 70.9 Å². The molecule has 1 fully saturated rings. The molecule has 3 atom stereocenters. The van der Waals surface area contributed by atoms with Crippen LogP contribution in [0.25, 0.3) is 0 Å². The standard InChI is InChI=1S/C23H21N7O2/c1-13-17-10-23(13,22(32)30(2)20-16(17)8-15(11-24)12-25-20)27-21(31)19-26-18(28-29-19)9-14-6-4-3-5-7-14/h3-8,12-13,17H,9-10H2,1-2H3,(H,27,31)(H,26,28,29)/t13-,17-,23+/m0/s1. The van der Waals surface area contributed by atoms with Crippen molar-refractivity contribution in [3.8, 4) is 6.07 Å². The second kappa shape index (κ2) is 7.27. The smallest absolute Gasteiger partial charge is 0.291 e. The molecular formula is C23H21N7O2. The van der Waals surface area contributed by atoms with E-state index in [1.807, 2.05) is 37.3 Å². The van der Waals surface area contributed by atoms with Crippen molar-refractivity contribution in [2.75, 3.05) is 11.9 Å². The highest BCUT2D eigenvalue weighted by Gasteiger charge is 2.62. The highest BCUT2D eigenvalue weighted by molar-refractivity contribution is 6.06. The average Bonchev–Trinajstić information content (AvgIpc) is 3.24. The predicted molar refractivity (Wildman–Crippen MR) is 115 cm³/mol. The molecule has 3 aromatic rings. The Balaban J connectivity index is 1.39. The lowest BCUT2D eigenvalue weighted by atomic mass is 9.58. The summed E-state index contributed by atoms with van der Waals surface area (Å²) in [6.07, 6.45) is 2.42. The Morgan fingerprint density at radius 2 is 2.16 bits per heavy atom. The van der Waals surface area contributed by atoms with E-state index >= 15 is 0 Å². The first-order valence-corrected chi connectivity index (χ1v) is 10.4. The molecule has 3 aliphatic rings. The van der Waals surface area contributed by atoms with Crippen LogP contribution >= 0.6 is 0 Å². The van der Waals surface area contributed by atoms with E-state index in [9.17, 15) is 14.9 Å². The normalized spacial score (nSPS) is 23.5. The SMILES string of the molecule is C[C@H]1[C@@H]2C[C@]1(NC(=O)c1n[nH]c(Cc3ccccc3)n1)C(=O)N(C)c1ncc(C#N)cc12. The van der Waals surface area contributed by atoms with E-state index in [1.165, 1.54) is 11.1 Å². The summed E-state index contributed by atoms with van der Waals surface area (Å²) in [6, 6.07) is 13.6. The van der Waals surface area contributed by atoms with Gasteiger partial charge in [-0.2, -0.15) is 5.26 Å². The molecule has 2 aliphatic heterocycles. The number of hydrogen-bond acceptors (Lipinski definition) is 6. The number of anilines is 1. The predicted octanol–water partition coefficient (Wildman–Crippen LogP) is 1.93. The summed E-state index contributed by atoms with van der Waals surface area (Å²) in [5, 5.41) is 19.0. The third kappa shape index (κ3) is 2.95. The van der Waals surface area contributed by atoms with E-state index in [-0.39, 0.29) is 23.6 Å². The summed E-state index contributed by atoms with van der Waals surface area (Å²) in [5.74, 6) is 0.227. The number of rotatable bonds is 4. The first-order chi connectivity index (χ1) is 15.4. The van der Waals surface area contributed by atoms with Crippen molar-refractivity contribution in [2.45, 2.75) is 31.2 Å². The lowest BCUT2D eigenvalue weighted by Gasteiger charge is -2.51. The number of aromatic amines is 1. The van der Waals surface area contributed by atoms with Gasteiger partial charge in [-0.1, -0.05) is 37.3 Å². The van der Waals surface area contributed by atoms with Crippen molar-refractivity contribution < 1.29 is 9.59 Å². The fourth-order valence-corrected chi connectivity index (χ4v) is 4.78. The first-order valence-electron chi connectivity index (χ1n) is 10.4. The van der Waals surface area contributed by atoms with Gasteiger partial charge in [-0.25, -0.2) is 9.97 Å². The molecule has 2 bridgehead atoms. The minimum atomic E-state index is -1.07. The number of nitrogens with one attached hydrogen (secondary N) is 2. The minimum absolute atomic E-state index is 0.00284. The Morgan fingerprint density at radius 3 is 2.88 bits per heavy atom. The molecule has 1 aliphatic carbocycles. The van der Waals surface area contributed by atoms with Crippen LogP contribution in [-0.2, 0) is 11.2 Å². The van der Waals surface area contributed by atoms with Gasteiger partial charge in [-0.3, -0.25) is 19.6 Å². The maximum absolute atomic E-state index is 13.4. The zero-order chi connectivity index (χ0) is 22.5. The molecule has 32 heavy (non-hydrogen) atoms. The van der Waals surface area contributed by atoms with Crippen LogP contribution in [0, 0.1) is 17.2 Å². The molecule has 9 heteroatoms. The molecule has 0 spiro atoms. The van der Waals surface area contributed by atoms with Gasteiger partial charge in [-0.15, -0.1) is 5.10 Å².